The fraction of sp³-hybridized carbons (Fsp3) is 0.0435. The summed E-state index contributed by atoms with van der Waals surface area (Å²) in [6, 6.07) is 15.0. The fourth-order valence-corrected chi connectivity index (χ4v) is 5.29. The molecule has 0 aliphatic rings. The van der Waals surface area contributed by atoms with Crippen molar-refractivity contribution in [2.75, 3.05) is 0 Å². The molecule has 0 heterocycles. The van der Waals surface area contributed by atoms with Gasteiger partial charge in [0, 0.05) is 9.13 Å². The minimum absolute atomic E-state index is 0.0852. The lowest BCUT2D eigenvalue weighted by atomic mass is 10.1. The molecule has 1 N–H and O–H groups in total. The van der Waals surface area contributed by atoms with Crippen molar-refractivity contribution in [1.29, 1.82) is 0 Å². The summed E-state index contributed by atoms with van der Waals surface area (Å²) in [6.07, 6.45) is 1.67. The zero-order chi connectivity index (χ0) is 24.2. The van der Waals surface area contributed by atoms with Gasteiger partial charge in [-0.05, 0) is 99.3 Å². The molecular formula is C23H16I2O7S. The fourth-order valence-electron chi connectivity index (χ4n) is 2.73. The van der Waals surface area contributed by atoms with Gasteiger partial charge < -0.3 is 9.47 Å². The Kier molecular flexibility index (Phi) is 8.26. The Balaban J connectivity index is 1.79. The Hall–Kier alpha value is -2.29. The molecule has 0 saturated carbocycles. The Morgan fingerprint density at radius 2 is 1.52 bits per heavy atom. The maximum Gasteiger partial charge on any atom is 0.343 e. The van der Waals surface area contributed by atoms with Crippen molar-refractivity contribution in [3.63, 3.8) is 0 Å². The molecule has 0 saturated heterocycles. The second-order valence-corrected chi connectivity index (χ2v) is 10.5. The van der Waals surface area contributed by atoms with Gasteiger partial charge in [-0.1, -0.05) is 24.8 Å². The van der Waals surface area contributed by atoms with Gasteiger partial charge in [-0.25, -0.2) is 9.59 Å². The molecule has 3 aromatic carbocycles. The van der Waals surface area contributed by atoms with E-state index in [2.05, 4.69) is 29.2 Å². The van der Waals surface area contributed by atoms with Gasteiger partial charge in [0.1, 0.15) is 6.61 Å². The first kappa shape index (κ1) is 25.3. The van der Waals surface area contributed by atoms with Crippen LogP contribution in [0.5, 0.6) is 5.75 Å². The molecule has 3 rings (SSSR count). The molecule has 33 heavy (non-hydrogen) atoms. The molecule has 10 heteroatoms. The van der Waals surface area contributed by atoms with E-state index in [4.69, 9.17) is 14.0 Å². The zero-order valence-corrected chi connectivity index (χ0v) is 22.0. The van der Waals surface area contributed by atoms with Crippen LogP contribution >= 0.6 is 45.2 Å². The van der Waals surface area contributed by atoms with Gasteiger partial charge >= 0.3 is 11.9 Å². The maximum atomic E-state index is 12.6. The smallest absolute Gasteiger partial charge is 0.343 e. The van der Waals surface area contributed by atoms with E-state index in [9.17, 15) is 18.0 Å². The van der Waals surface area contributed by atoms with Crippen molar-refractivity contribution in [2.45, 2.75) is 11.5 Å². The summed E-state index contributed by atoms with van der Waals surface area (Å²) in [5.74, 6) is -1.03. The molecular weight excluding hydrogens is 674 g/mol. The predicted octanol–water partition coefficient (Wildman–Crippen LogP) is 5.36. The zero-order valence-electron chi connectivity index (χ0n) is 16.8. The third-order valence-corrected chi connectivity index (χ3v) is 6.70. The first-order chi connectivity index (χ1) is 15.6. The van der Waals surface area contributed by atoms with Crippen LogP contribution in [0, 0.1) is 7.14 Å². The molecule has 170 valence electrons. The van der Waals surface area contributed by atoms with Crippen LogP contribution in [0.1, 0.15) is 31.8 Å². The third kappa shape index (κ3) is 6.62. The van der Waals surface area contributed by atoms with Crippen LogP contribution in [-0.2, 0) is 21.5 Å². The summed E-state index contributed by atoms with van der Waals surface area (Å²) in [5.41, 5.74) is 1.82. The van der Waals surface area contributed by atoms with E-state index in [1.54, 1.807) is 42.5 Å². The van der Waals surface area contributed by atoms with Crippen LogP contribution in [0.2, 0.25) is 0 Å². The lowest BCUT2D eigenvalue weighted by Crippen LogP contribution is -2.13. The highest BCUT2D eigenvalue weighted by atomic mass is 127. The number of rotatable bonds is 7. The van der Waals surface area contributed by atoms with E-state index >= 15 is 0 Å². The second kappa shape index (κ2) is 10.8. The lowest BCUT2D eigenvalue weighted by Gasteiger charge is -2.14. The van der Waals surface area contributed by atoms with E-state index in [-0.39, 0.29) is 22.8 Å². The summed E-state index contributed by atoms with van der Waals surface area (Å²) in [7, 11) is -4.37. The number of hydrogen-bond donors (Lipinski definition) is 1. The quantitative estimate of drug-likeness (QED) is 0.154. The van der Waals surface area contributed by atoms with E-state index in [1.807, 2.05) is 22.6 Å². The summed E-state index contributed by atoms with van der Waals surface area (Å²) >= 11 is 4.12. The Bertz CT molecular complexity index is 1320. The summed E-state index contributed by atoms with van der Waals surface area (Å²) in [5, 5.41) is 0. The number of benzene rings is 3. The van der Waals surface area contributed by atoms with Crippen LogP contribution in [0.3, 0.4) is 0 Å². The summed E-state index contributed by atoms with van der Waals surface area (Å²) < 4.78 is 43.9. The molecule has 0 aliphatic carbocycles. The van der Waals surface area contributed by atoms with Gasteiger partial charge in [-0.3, -0.25) is 4.55 Å². The minimum Gasteiger partial charge on any atom is -0.457 e. The Morgan fingerprint density at radius 3 is 2.09 bits per heavy atom. The average molecular weight is 690 g/mol. The van der Waals surface area contributed by atoms with Crippen molar-refractivity contribution in [3.05, 3.63) is 96.6 Å². The third-order valence-electron chi connectivity index (χ3n) is 4.41. The van der Waals surface area contributed by atoms with Crippen LogP contribution in [0.4, 0.5) is 0 Å². The topological polar surface area (TPSA) is 107 Å². The first-order valence-electron chi connectivity index (χ1n) is 9.26. The number of esters is 2. The monoisotopic (exact) mass is 690 g/mol. The number of ether oxygens (including phenoxy) is 2. The van der Waals surface area contributed by atoms with Gasteiger partial charge in [0.25, 0.3) is 10.1 Å². The van der Waals surface area contributed by atoms with Crippen molar-refractivity contribution in [1.82, 2.24) is 0 Å². The molecule has 0 fully saturated rings. The van der Waals surface area contributed by atoms with Crippen LogP contribution < -0.4 is 4.74 Å². The number of carbonyl (C=O) groups excluding carboxylic acids is 2. The van der Waals surface area contributed by atoms with Gasteiger partial charge in [0.2, 0.25) is 0 Å². The van der Waals surface area contributed by atoms with Gasteiger partial charge in [-0.2, -0.15) is 8.42 Å². The second-order valence-electron chi connectivity index (χ2n) is 6.67. The maximum absolute atomic E-state index is 12.6. The predicted molar refractivity (Wildman–Crippen MR) is 139 cm³/mol. The summed E-state index contributed by atoms with van der Waals surface area (Å²) in [4.78, 5) is 24.7. The molecule has 0 bridgehead atoms. The van der Waals surface area contributed by atoms with Crippen LogP contribution in [0.25, 0.3) is 6.08 Å². The molecule has 0 amide bonds. The van der Waals surface area contributed by atoms with Crippen LogP contribution in [-0.4, -0.2) is 24.9 Å². The molecule has 3 aromatic rings. The standard InChI is InChI=1S/C23H16I2O7S/c1-2-14-3-5-15(6-4-14)22(26)31-13-17-11-18(24)12-20(25)21(17)32-23(27)16-7-9-19(10-8-16)33(28,29)30/h2-12H,1,13H2,(H,28,29,30). The Labute approximate surface area is 217 Å². The number of halogens is 2. The van der Waals surface area contributed by atoms with Gasteiger partial charge in [0.15, 0.2) is 5.75 Å². The average Bonchev–Trinajstić information content (AvgIpc) is 2.78. The largest absolute Gasteiger partial charge is 0.457 e. The molecule has 0 unspecified atom stereocenters. The molecule has 0 aromatic heterocycles. The molecule has 0 radical (unpaired) electrons. The van der Waals surface area contributed by atoms with Crippen molar-refractivity contribution in [3.8, 4) is 5.75 Å². The number of hydrogen-bond acceptors (Lipinski definition) is 6. The highest BCUT2D eigenvalue weighted by molar-refractivity contribution is 14.1. The molecule has 0 atom stereocenters. The highest BCUT2D eigenvalue weighted by Crippen LogP contribution is 2.30. The number of carbonyl (C=O) groups is 2. The van der Waals surface area contributed by atoms with E-state index in [0.29, 0.717) is 14.7 Å². The minimum atomic E-state index is -4.37. The van der Waals surface area contributed by atoms with Crippen LogP contribution in [0.15, 0.2) is 72.1 Å². The van der Waals surface area contributed by atoms with Gasteiger partial charge in [0.05, 0.1) is 19.6 Å². The lowest BCUT2D eigenvalue weighted by molar-refractivity contribution is 0.0469. The van der Waals surface area contributed by atoms with Crippen molar-refractivity contribution >= 4 is 73.3 Å². The Morgan fingerprint density at radius 1 is 0.939 bits per heavy atom. The molecule has 0 aliphatic heterocycles. The van der Waals surface area contributed by atoms with E-state index in [0.717, 1.165) is 21.3 Å². The first-order valence-corrected chi connectivity index (χ1v) is 12.9. The highest BCUT2D eigenvalue weighted by Gasteiger charge is 2.19. The molecule has 7 nitrogen and oxygen atoms in total. The van der Waals surface area contributed by atoms with Crippen molar-refractivity contribution < 1.29 is 32.0 Å². The molecule has 0 spiro atoms. The van der Waals surface area contributed by atoms with Crippen molar-refractivity contribution in [2.24, 2.45) is 0 Å². The summed E-state index contributed by atoms with van der Waals surface area (Å²) in [6.45, 7) is 3.55. The van der Waals surface area contributed by atoms with Gasteiger partial charge in [-0.15, -0.1) is 0 Å². The normalized spacial score (nSPS) is 11.0. The van der Waals surface area contributed by atoms with E-state index in [1.165, 1.54) is 12.1 Å². The van der Waals surface area contributed by atoms with E-state index < -0.39 is 22.1 Å². The SMILES string of the molecule is C=Cc1ccc(C(=O)OCc2cc(I)cc(I)c2OC(=O)c2ccc(S(=O)(=O)O)cc2)cc1.